The van der Waals surface area contributed by atoms with E-state index in [2.05, 4.69) is 25.6 Å². The van der Waals surface area contributed by atoms with Crippen LogP contribution < -0.4 is 14.8 Å². The van der Waals surface area contributed by atoms with Crippen molar-refractivity contribution in [1.29, 1.82) is 0 Å². The van der Waals surface area contributed by atoms with E-state index in [0.29, 0.717) is 29.6 Å². The molecular weight excluding hydrogens is 452 g/mol. The zero-order valence-corrected chi connectivity index (χ0v) is 19.0. The number of nitrogens with zero attached hydrogens (tertiary/aromatic N) is 5. The third kappa shape index (κ3) is 4.57. The van der Waals surface area contributed by atoms with E-state index in [-0.39, 0.29) is 12.5 Å². The maximum absolute atomic E-state index is 12.4. The van der Waals surface area contributed by atoms with Crippen molar-refractivity contribution in [3.05, 3.63) is 77.8 Å². The normalized spacial score (nSPS) is 10.9. The molecular formula is C24H20N6O3S. The maximum atomic E-state index is 12.4. The fourth-order valence-electron chi connectivity index (χ4n) is 3.27. The highest BCUT2D eigenvalue weighted by Crippen LogP contribution is 2.23. The van der Waals surface area contributed by atoms with E-state index in [1.165, 1.54) is 11.3 Å². The summed E-state index contributed by atoms with van der Waals surface area (Å²) in [7, 11) is 1.62. The zero-order valence-electron chi connectivity index (χ0n) is 18.2. The van der Waals surface area contributed by atoms with Crippen molar-refractivity contribution in [2.45, 2.75) is 0 Å². The second kappa shape index (κ2) is 9.67. The SMILES string of the molecule is COc1ccc(-c2nnc3ccc(OCCNC(=O)c4csc(-c5ccccc5)n4)nn23)cc1. The number of hydrogen-bond donors (Lipinski definition) is 1. The zero-order chi connectivity index (χ0) is 23.3. The van der Waals surface area contributed by atoms with E-state index >= 15 is 0 Å². The summed E-state index contributed by atoms with van der Waals surface area (Å²) in [5.41, 5.74) is 2.82. The van der Waals surface area contributed by atoms with Crippen LogP contribution >= 0.6 is 11.3 Å². The van der Waals surface area contributed by atoms with Gasteiger partial charge < -0.3 is 14.8 Å². The summed E-state index contributed by atoms with van der Waals surface area (Å²) in [4.78, 5) is 16.8. The van der Waals surface area contributed by atoms with Crippen LogP contribution in [0.5, 0.6) is 11.6 Å². The highest BCUT2D eigenvalue weighted by atomic mass is 32.1. The molecule has 0 saturated carbocycles. The molecule has 0 spiro atoms. The molecule has 0 radical (unpaired) electrons. The fourth-order valence-corrected chi connectivity index (χ4v) is 4.08. The van der Waals surface area contributed by atoms with Gasteiger partial charge in [-0.3, -0.25) is 4.79 Å². The molecule has 5 aromatic rings. The summed E-state index contributed by atoms with van der Waals surface area (Å²) in [6, 6.07) is 20.7. The molecule has 5 rings (SSSR count). The second-order valence-corrected chi connectivity index (χ2v) is 8.06. The minimum atomic E-state index is -0.244. The van der Waals surface area contributed by atoms with Gasteiger partial charge in [-0.05, 0) is 30.3 Å². The molecule has 0 bridgehead atoms. The first-order chi connectivity index (χ1) is 16.7. The third-order valence-electron chi connectivity index (χ3n) is 4.98. The smallest absolute Gasteiger partial charge is 0.270 e. The van der Waals surface area contributed by atoms with Crippen LogP contribution in [0.3, 0.4) is 0 Å². The van der Waals surface area contributed by atoms with Crippen molar-refractivity contribution in [3.8, 4) is 33.6 Å². The van der Waals surface area contributed by atoms with E-state index in [4.69, 9.17) is 9.47 Å². The Kier molecular flexibility index (Phi) is 6.13. The number of carbonyl (C=O) groups excluding carboxylic acids is 1. The molecule has 0 aliphatic carbocycles. The minimum Gasteiger partial charge on any atom is -0.497 e. The Bertz CT molecular complexity index is 1420. The van der Waals surface area contributed by atoms with Gasteiger partial charge in [0, 0.05) is 22.6 Å². The van der Waals surface area contributed by atoms with Gasteiger partial charge in [-0.15, -0.1) is 26.6 Å². The molecule has 10 heteroatoms. The number of amides is 1. The van der Waals surface area contributed by atoms with Gasteiger partial charge in [0.2, 0.25) is 5.88 Å². The summed E-state index contributed by atoms with van der Waals surface area (Å²) in [6.07, 6.45) is 0. The Morgan fingerprint density at radius 3 is 2.62 bits per heavy atom. The summed E-state index contributed by atoms with van der Waals surface area (Å²) in [5.74, 6) is 1.50. The van der Waals surface area contributed by atoms with Gasteiger partial charge in [0.15, 0.2) is 11.5 Å². The lowest BCUT2D eigenvalue weighted by atomic mass is 10.2. The molecule has 1 N–H and O–H groups in total. The predicted molar refractivity (Wildman–Crippen MR) is 128 cm³/mol. The van der Waals surface area contributed by atoms with Crippen LogP contribution in [0.15, 0.2) is 72.1 Å². The molecule has 0 saturated heterocycles. The van der Waals surface area contributed by atoms with Crippen LogP contribution in [0, 0.1) is 0 Å². The molecule has 3 heterocycles. The maximum Gasteiger partial charge on any atom is 0.270 e. The number of benzene rings is 2. The van der Waals surface area contributed by atoms with Crippen molar-refractivity contribution in [2.24, 2.45) is 0 Å². The Labute approximate surface area is 199 Å². The molecule has 3 aromatic heterocycles. The van der Waals surface area contributed by atoms with Crippen LogP contribution in [0.2, 0.25) is 0 Å². The summed E-state index contributed by atoms with van der Waals surface area (Å²) < 4.78 is 12.6. The molecule has 2 aromatic carbocycles. The van der Waals surface area contributed by atoms with Crippen LogP contribution in [0.4, 0.5) is 0 Å². The molecule has 0 fully saturated rings. The Hall–Kier alpha value is -4.31. The standard InChI is InChI=1S/C24H20N6O3S/c1-32-18-9-7-16(8-10-18)22-28-27-20-11-12-21(29-30(20)22)33-14-13-25-23(31)19-15-34-24(26-19)17-5-3-2-4-6-17/h2-12,15H,13-14H2,1H3,(H,25,31). The number of nitrogens with one attached hydrogen (secondary N) is 1. The van der Waals surface area contributed by atoms with Crippen LogP contribution in [-0.4, -0.2) is 51.0 Å². The topological polar surface area (TPSA) is 104 Å². The quantitative estimate of drug-likeness (QED) is 0.343. The molecule has 9 nitrogen and oxygen atoms in total. The third-order valence-corrected chi connectivity index (χ3v) is 5.87. The Morgan fingerprint density at radius 2 is 1.82 bits per heavy atom. The fraction of sp³-hybridized carbons (Fsp3) is 0.125. The Morgan fingerprint density at radius 1 is 1.00 bits per heavy atom. The van der Waals surface area contributed by atoms with E-state index < -0.39 is 0 Å². The van der Waals surface area contributed by atoms with Gasteiger partial charge in [0.1, 0.15) is 23.1 Å². The van der Waals surface area contributed by atoms with Crippen molar-refractivity contribution in [2.75, 3.05) is 20.3 Å². The molecule has 170 valence electrons. The first-order valence-corrected chi connectivity index (χ1v) is 11.4. The molecule has 1 amide bonds. The monoisotopic (exact) mass is 472 g/mol. The number of carbonyl (C=O) groups is 1. The molecule has 0 unspecified atom stereocenters. The summed E-state index contributed by atoms with van der Waals surface area (Å²) >= 11 is 1.44. The van der Waals surface area contributed by atoms with Gasteiger partial charge in [-0.1, -0.05) is 30.3 Å². The van der Waals surface area contributed by atoms with Gasteiger partial charge in [0.25, 0.3) is 5.91 Å². The highest BCUT2D eigenvalue weighted by Gasteiger charge is 2.13. The largest absolute Gasteiger partial charge is 0.497 e. The average Bonchev–Trinajstić information content (AvgIpc) is 3.55. The lowest BCUT2D eigenvalue weighted by Crippen LogP contribution is -2.28. The van der Waals surface area contributed by atoms with Crippen molar-refractivity contribution >= 4 is 22.9 Å². The number of fused-ring (bicyclic) bond motifs is 1. The minimum absolute atomic E-state index is 0.244. The van der Waals surface area contributed by atoms with Crippen LogP contribution in [0.25, 0.3) is 27.6 Å². The number of hydrogen-bond acceptors (Lipinski definition) is 8. The van der Waals surface area contributed by atoms with Gasteiger partial charge >= 0.3 is 0 Å². The van der Waals surface area contributed by atoms with Crippen molar-refractivity contribution < 1.29 is 14.3 Å². The Balaban J connectivity index is 1.19. The van der Waals surface area contributed by atoms with Gasteiger partial charge in [-0.25, -0.2) is 4.98 Å². The molecule has 0 aliphatic heterocycles. The van der Waals surface area contributed by atoms with Crippen molar-refractivity contribution in [1.82, 2.24) is 30.1 Å². The number of ether oxygens (including phenoxy) is 2. The van der Waals surface area contributed by atoms with Crippen LogP contribution in [0.1, 0.15) is 10.5 Å². The second-order valence-electron chi connectivity index (χ2n) is 7.20. The first kappa shape index (κ1) is 21.5. The van der Waals surface area contributed by atoms with E-state index in [1.807, 2.05) is 54.6 Å². The van der Waals surface area contributed by atoms with E-state index in [1.54, 1.807) is 29.1 Å². The van der Waals surface area contributed by atoms with E-state index in [9.17, 15) is 4.79 Å². The summed E-state index contributed by atoms with van der Waals surface area (Å²) in [5, 5.41) is 18.2. The van der Waals surface area contributed by atoms with E-state index in [0.717, 1.165) is 21.9 Å². The molecule has 0 atom stereocenters. The van der Waals surface area contributed by atoms with Gasteiger partial charge in [-0.2, -0.15) is 4.52 Å². The van der Waals surface area contributed by atoms with Crippen LogP contribution in [-0.2, 0) is 0 Å². The number of aromatic nitrogens is 5. The lowest BCUT2D eigenvalue weighted by Gasteiger charge is -2.07. The van der Waals surface area contributed by atoms with Gasteiger partial charge in [0.05, 0.1) is 13.7 Å². The number of thiazole rings is 1. The average molecular weight is 473 g/mol. The lowest BCUT2D eigenvalue weighted by molar-refractivity contribution is 0.0942. The molecule has 0 aliphatic rings. The molecule has 34 heavy (non-hydrogen) atoms. The highest BCUT2D eigenvalue weighted by molar-refractivity contribution is 7.13. The predicted octanol–water partition coefficient (Wildman–Crippen LogP) is 3.73. The number of methoxy groups -OCH3 is 1. The van der Waals surface area contributed by atoms with Crippen molar-refractivity contribution in [3.63, 3.8) is 0 Å². The first-order valence-electron chi connectivity index (χ1n) is 10.5. The number of rotatable bonds is 8. The summed E-state index contributed by atoms with van der Waals surface area (Å²) in [6.45, 7) is 0.560.